The van der Waals surface area contributed by atoms with Crippen LogP contribution >= 0.6 is 12.2 Å². The lowest BCUT2D eigenvalue weighted by atomic mass is 10.2. The molecule has 0 bridgehead atoms. The van der Waals surface area contributed by atoms with Crippen molar-refractivity contribution in [1.29, 1.82) is 0 Å². The van der Waals surface area contributed by atoms with Gasteiger partial charge in [0.1, 0.15) is 17.3 Å². The molecule has 0 saturated carbocycles. The van der Waals surface area contributed by atoms with Crippen molar-refractivity contribution in [3.8, 4) is 0 Å². The summed E-state index contributed by atoms with van der Waals surface area (Å²) in [5.74, 6) is 1.52. The summed E-state index contributed by atoms with van der Waals surface area (Å²) in [4.78, 5) is 1.90. The maximum Gasteiger partial charge on any atom is 0.169 e. The Labute approximate surface area is 123 Å². The minimum Gasteiger partial charge on any atom is -0.464 e. The summed E-state index contributed by atoms with van der Waals surface area (Å²) in [5, 5.41) is 3.77. The monoisotopic (exact) mass is 292 g/mol. The third-order valence-electron chi connectivity index (χ3n) is 2.89. The zero-order valence-corrected chi connectivity index (χ0v) is 12.3. The number of nitrogens with zero attached hydrogens (tertiary/aromatic N) is 1. The van der Waals surface area contributed by atoms with Crippen LogP contribution in [-0.2, 0) is 13.1 Å². The van der Waals surface area contributed by atoms with Gasteiger partial charge in [-0.15, -0.1) is 0 Å². The lowest BCUT2D eigenvalue weighted by Crippen LogP contribution is -2.36. The summed E-state index contributed by atoms with van der Waals surface area (Å²) in [5.41, 5.74) is 0.982. The van der Waals surface area contributed by atoms with E-state index in [0.717, 1.165) is 17.1 Å². The predicted octanol–water partition coefficient (Wildman–Crippen LogP) is 3.23. The molecule has 0 spiro atoms. The van der Waals surface area contributed by atoms with Gasteiger partial charge in [0.15, 0.2) is 5.11 Å². The van der Waals surface area contributed by atoms with Crippen molar-refractivity contribution >= 4 is 17.3 Å². The molecule has 1 aromatic carbocycles. The lowest BCUT2D eigenvalue weighted by molar-refractivity contribution is 0.396. The number of halogens is 1. The molecule has 1 N–H and O–H groups in total. The van der Waals surface area contributed by atoms with Gasteiger partial charge in [-0.25, -0.2) is 4.39 Å². The normalized spacial score (nSPS) is 10.3. The fraction of sp³-hybridized carbons (Fsp3) is 0.267. The Bertz CT molecular complexity index is 580. The molecule has 5 heteroatoms. The Morgan fingerprint density at radius 3 is 2.55 bits per heavy atom. The number of furan rings is 1. The first-order valence-electron chi connectivity index (χ1n) is 6.33. The molecule has 1 heterocycles. The highest BCUT2D eigenvalue weighted by atomic mass is 32.1. The fourth-order valence-corrected chi connectivity index (χ4v) is 1.93. The first-order chi connectivity index (χ1) is 9.54. The molecule has 20 heavy (non-hydrogen) atoms. The number of nitrogens with one attached hydrogen (secondary N) is 1. The summed E-state index contributed by atoms with van der Waals surface area (Å²) in [6.45, 7) is 3.10. The molecular formula is C15H17FN2OS. The molecule has 0 aliphatic rings. The van der Waals surface area contributed by atoms with Crippen LogP contribution in [0.3, 0.4) is 0 Å². The first-order valence-corrected chi connectivity index (χ1v) is 6.74. The summed E-state index contributed by atoms with van der Waals surface area (Å²) in [6, 6.07) is 10.2. The molecule has 2 aromatic rings. The van der Waals surface area contributed by atoms with Crippen LogP contribution in [0.5, 0.6) is 0 Å². The SMILES string of the molecule is Cc1ccc(CN(C)C(=S)NCc2ccc(F)cc2)o1. The molecule has 0 aliphatic heterocycles. The van der Waals surface area contributed by atoms with Crippen molar-refractivity contribution < 1.29 is 8.81 Å². The van der Waals surface area contributed by atoms with Crippen LogP contribution in [-0.4, -0.2) is 17.1 Å². The van der Waals surface area contributed by atoms with Crippen LogP contribution in [0.4, 0.5) is 4.39 Å². The molecule has 1 aromatic heterocycles. The Balaban J connectivity index is 1.83. The van der Waals surface area contributed by atoms with Gasteiger partial charge in [0.2, 0.25) is 0 Å². The number of benzene rings is 1. The van der Waals surface area contributed by atoms with E-state index in [1.54, 1.807) is 12.1 Å². The number of aryl methyl sites for hydroxylation is 1. The highest BCUT2D eigenvalue weighted by molar-refractivity contribution is 7.80. The molecule has 0 radical (unpaired) electrons. The van der Waals surface area contributed by atoms with E-state index in [-0.39, 0.29) is 5.82 Å². The average molecular weight is 292 g/mol. The second-order valence-corrected chi connectivity index (χ2v) is 5.04. The lowest BCUT2D eigenvalue weighted by Gasteiger charge is -2.20. The maximum absolute atomic E-state index is 12.8. The standard InChI is InChI=1S/C15H17FN2OS/c1-11-3-8-14(19-11)10-18(2)15(20)17-9-12-4-6-13(16)7-5-12/h3-8H,9-10H2,1-2H3,(H,17,20). The summed E-state index contributed by atoms with van der Waals surface area (Å²) in [6.07, 6.45) is 0. The third-order valence-corrected chi connectivity index (χ3v) is 3.35. The summed E-state index contributed by atoms with van der Waals surface area (Å²) in [7, 11) is 1.90. The minimum atomic E-state index is -0.235. The van der Waals surface area contributed by atoms with Gasteiger partial charge in [0.05, 0.1) is 6.54 Å². The van der Waals surface area contributed by atoms with Gasteiger partial charge < -0.3 is 14.6 Å². The largest absolute Gasteiger partial charge is 0.464 e. The highest BCUT2D eigenvalue weighted by Crippen LogP contribution is 2.09. The number of thiocarbonyl (C=S) groups is 1. The molecule has 0 amide bonds. The van der Waals surface area contributed by atoms with Crippen LogP contribution in [0.15, 0.2) is 40.8 Å². The average Bonchev–Trinajstić information content (AvgIpc) is 2.83. The third kappa shape index (κ3) is 4.06. The van der Waals surface area contributed by atoms with Gasteiger partial charge in [-0.3, -0.25) is 0 Å². The topological polar surface area (TPSA) is 28.4 Å². The minimum absolute atomic E-state index is 0.235. The van der Waals surface area contributed by atoms with Gasteiger partial charge in [0, 0.05) is 13.6 Å². The summed E-state index contributed by atoms with van der Waals surface area (Å²) >= 11 is 5.31. The van der Waals surface area contributed by atoms with E-state index >= 15 is 0 Å². The van der Waals surface area contributed by atoms with E-state index in [1.165, 1.54) is 12.1 Å². The van der Waals surface area contributed by atoms with Crippen molar-refractivity contribution in [3.05, 3.63) is 59.3 Å². The molecule has 0 fully saturated rings. The fourth-order valence-electron chi connectivity index (χ4n) is 1.79. The molecule has 0 saturated heterocycles. The number of hydrogen-bond donors (Lipinski definition) is 1. The second kappa shape index (κ2) is 6.52. The molecule has 0 unspecified atom stereocenters. The molecule has 106 valence electrons. The molecule has 0 atom stereocenters. The van der Waals surface area contributed by atoms with Crippen LogP contribution in [0.2, 0.25) is 0 Å². The van der Waals surface area contributed by atoms with Crippen molar-refractivity contribution in [2.75, 3.05) is 7.05 Å². The molecule has 0 aliphatic carbocycles. The quantitative estimate of drug-likeness (QED) is 0.876. The van der Waals surface area contributed by atoms with Crippen LogP contribution in [0.25, 0.3) is 0 Å². The molecule has 2 rings (SSSR count). The van der Waals surface area contributed by atoms with E-state index in [2.05, 4.69) is 5.32 Å². The van der Waals surface area contributed by atoms with E-state index in [4.69, 9.17) is 16.6 Å². The smallest absolute Gasteiger partial charge is 0.169 e. The van der Waals surface area contributed by atoms with E-state index < -0.39 is 0 Å². The predicted molar refractivity (Wildman–Crippen MR) is 80.7 cm³/mol. The van der Waals surface area contributed by atoms with Gasteiger partial charge in [-0.2, -0.15) is 0 Å². The molecule has 3 nitrogen and oxygen atoms in total. The van der Waals surface area contributed by atoms with Crippen LogP contribution in [0, 0.1) is 12.7 Å². The van der Waals surface area contributed by atoms with Crippen LogP contribution in [0.1, 0.15) is 17.1 Å². The molecular weight excluding hydrogens is 275 g/mol. The Hall–Kier alpha value is -1.88. The van der Waals surface area contributed by atoms with E-state index in [1.807, 2.05) is 31.0 Å². The van der Waals surface area contributed by atoms with E-state index in [0.29, 0.717) is 18.2 Å². The Morgan fingerprint density at radius 2 is 1.95 bits per heavy atom. The zero-order chi connectivity index (χ0) is 14.5. The Kier molecular flexibility index (Phi) is 4.74. The maximum atomic E-state index is 12.8. The van der Waals surface area contributed by atoms with Gasteiger partial charge >= 0.3 is 0 Å². The zero-order valence-electron chi connectivity index (χ0n) is 11.5. The van der Waals surface area contributed by atoms with Gasteiger partial charge in [0.25, 0.3) is 0 Å². The van der Waals surface area contributed by atoms with Crippen LogP contribution < -0.4 is 5.32 Å². The van der Waals surface area contributed by atoms with Crippen molar-refractivity contribution in [2.45, 2.75) is 20.0 Å². The van der Waals surface area contributed by atoms with Gasteiger partial charge in [-0.05, 0) is 49.0 Å². The second-order valence-electron chi connectivity index (χ2n) is 4.65. The number of rotatable bonds is 4. The van der Waals surface area contributed by atoms with Gasteiger partial charge in [-0.1, -0.05) is 12.1 Å². The summed E-state index contributed by atoms with van der Waals surface area (Å²) < 4.78 is 18.3. The van der Waals surface area contributed by atoms with Crippen molar-refractivity contribution in [2.24, 2.45) is 0 Å². The highest BCUT2D eigenvalue weighted by Gasteiger charge is 2.07. The number of hydrogen-bond acceptors (Lipinski definition) is 2. The van der Waals surface area contributed by atoms with Crippen molar-refractivity contribution in [3.63, 3.8) is 0 Å². The Morgan fingerprint density at radius 1 is 1.25 bits per heavy atom. The van der Waals surface area contributed by atoms with Crippen molar-refractivity contribution in [1.82, 2.24) is 10.2 Å². The van der Waals surface area contributed by atoms with E-state index in [9.17, 15) is 4.39 Å². The first kappa shape index (κ1) is 14.5.